The van der Waals surface area contributed by atoms with Crippen LogP contribution in [-0.4, -0.2) is 25.4 Å². The summed E-state index contributed by atoms with van der Waals surface area (Å²) in [7, 11) is 0. The second-order valence-electron chi connectivity index (χ2n) is 6.98. The summed E-state index contributed by atoms with van der Waals surface area (Å²) in [5.41, 5.74) is 0.456. The van der Waals surface area contributed by atoms with Crippen LogP contribution in [0.1, 0.15) is 52.0 Å². The van der Waals surface area contributed by atoms with Crippen LogP contribution in [0.25, 0.3) is 0 Å². The van der Waals surface area contributed by atoms with Crippen LogP contribution in [0.5, 0.6) is 5.75 Å². The van der Waals surface area contributed by atoms with Gasteiger partial charge in [0.25, 0.3) is 0 Å². The molecule has 0 N–H and O–H groups in total. The molecule has 1 rings (SSSR count). The molecule has 0 bridgehead atoms. The van der Waals surface area contributed by atoms with E-state index in [1.165, 1.54) is 12.1 Å². The van der Waals surface area contributed by atoms with Crippen molar-refractivity contribution in [1.82, 2.24) is 0 Å². The zero-order valence-electron chi connectivity index (χ0n) is 15.4. The van der Waals surface area contributed by atoms with Gasteiger partial charge in [0, 0.05) is 6.42 Å². The highest BCUT2D eigenvalue weighted by Gasteiger charge is 2.26. The van der Waals surface area contributed by atoms with Crippen LogP contribution < -0.4 is 4.74 Å². The maximum Gasteiger partial charge on any atom is 0.389 e. The molecule has 0 amide bonds. The average Bonchev–Trinajstić information content (AvgIpc) is 2.50. The van der Waals surface area contributed by atoms with Crippen molar-refractivity contribution in [2.75, 3.05) is 13.2 Å². The van der Waals surface area contributed by atoms with E-state index in [9.17, 15) is 22.4 Å². The molecular formula is C19H26F4O3. The lowest BCUT2D eigenvalue weighted by molar-refractivity contribution is -0.145. The predicted octanol–water partition coefficient (Wildman–Crippen LogP) is 5.46. The number of hydrogen-bond acceptors (Lipinski definition) is 3. The molecule has 148 valence electrons. The number of aryl methyl sites for hydroxylation is 1. The number of rotatable bonds is 10. The summed E-state index contributed by atoms with van der Waals surface area (Å²) in [5, 5.41) is 0. The third kappa shape index (κ3) is 9.06. The van der Waals surface area contributed by atoms with Gasteiger partial charge in [-0.1, -0.05) is 19.9 Å². The van der Waals surface area contributed by atoms with Gasteiger partial charge in [0.05, 0.1) is 19.6 Å². The monoisotopic (exact) mass is 378 g/mol. The highest BCUT2D eigenvalue weighted by Crippen LogP contribution is 2.29. The molecule has 26 heavy (non-hydrogen) atoms. The molecule has 1 aromatic carbocycles. The molecule has 0 saturated carbocycles. The topological polar surface area (TPSA) is 35.5 Å². The summed E-state index contributed by atoms with van der Waals surface area (Å²) in [6.45, 7) is 5.78. The van der Waals surface area contributed by atoms with Crippen molar-refractivity contribution in [3.63, 3.8) is 0 Å². The maximum absolute atomic E-state index is 14.0. The molecule has 7 heteroatoms. The van der Waals surface area contributed by atoms with Crippen LogP contribution in [0, 0.1) is 11.2 Å². The number of alkyl halides is 3. The zero-order valence-corrected chi connectivity index (χ0v) is 15.4. The molecule has 0 saturated heterocycles. The van der Waals surface area contributed by atoms with Crippen molar-refractivity contribution in [2.45, 2.75) is 59.1 Å². The molecule has 0 aliphatic rings. The molecule has 0 aromatic heterocycles. The van der Waals surface area contributed by atoms with E-state index in [1.807, 2.05) is 13.8 Å². The van der Waals surface area contributed by atoms with Crippen molar-refractivity contribution in [1.29, 1.82) is 0 Å². The van der Waals surface area contributed by atoms with E-state index >= 15 is 0 Å². The SMILES string of the molecule is CCOC(=O)CC(C)(C)CCc1ccc(OCCCC(F)(F)F)c(F)c1. The minimum atomic E-state index is -4.23. The van der Waals surface area contributed by atoms with Crippen molar-refractivity contribution < 1.29 is 31.8 Å². The van der Waals surface area contributed by atoms with E-state index in [4.69, 9.17) is 9.47 Å². The first-order valence-corrected chi connectivity index (χ1v) is 8.66. The standard InChI is InChI=1S/C19H26F4O3/c1-4-25-17(24)13-18(2,3)10-8-14-6-7-16(15(20)12-14)26-11-5-9-19(21,22)23/h6-7,12H,4-5,8-11,13H2,1-3H3. The quantitative estimate of drug-likeness (QED) is 0.308. The van der Waals surface area contributed by atoms with Gasteiger partial charge in [-0.15, -0.1) is 0 Å². The number of carbonyl (C=O) groups excluding carboxylic acids is 1. The maximum atomic E-state index is 14.0. The first kappa shape index (κ1) is 22.3. The first-order valence-electron chi connectivity index (χ1n) is 8.66. The van der Waals surface area contributed by atoms with Gasteiger partial charge in [0.2, 0.25) is 0 Å². The molecule has 3 nitrogen and oxygen atoms in total. The first-order chi connectivity index (χ1) is 12.0. The molecule has 0 aliphatic carbocycles. The Balaban J connectivity index is 2.50. The summed E-state index contributed by atoms with van der Waals surface area (Å²) >= 11 is 0. The minimum absolute atomic E-state index is 0.0540. The summed E-state index contributed by atoms with van der Waals surface area (Å²) < 4.78 is 60.2. The Hall–Kier alpha value is -1.79. The second-order valence-corrected chi connectivity index (χ2v) is 6.98. The third-order valence-corrected chi connectivity index (χ3v) is 3.88. The highest BCUT2D eigenvalue weighted by molar-refractivity contribution is 5.70. The van der Waals surface area contributed by atoms with Crippen LogP contribution in [0.4, 0.5) is 17.6 Å². The van der Waals surface area contributed by atoms with Crippen molar-refractivity contribution >= 4 is 5.97 Å². The zero-order chi connectivity index (χ0) is 19.8. The fourth-order valence-corrected chi connectivity index (χ4v) is 2.45. The molecule has 0 aliphatic heterocycles. The summed E-state index contributed by atoms with van der Waals surface area (Å²) in [6.07, 6.45) is -3.89. The fourth-order valence-electron chi connectivity index (χ4n) is 2.45. The third-order valence-electron chi connectivity index (χ3n) is 3.88. The van der Waals surface area contributed by atoms with Gasteiger partial charge in [0.15, 0.2) is 11.6 Å². The van der Waals surface area contributed by atoms with Gasteiger partial charge in [-0.3, -0.25) is 4.79 Å². The van der Waals surface area contributed by atoms with Gasteiger partial charge < -0.3 is 9.47 Å². The number of ether oxygens (including phenoxy) is 2. The van der Waals surface area contributed by atoms with E-state index in [0.717, 1.165) is 5.56 Å². The van der Waals surface area contributed by atoms with Crippen LogP contribution in [0.2, 0.25) is 0 Å². The van der Waals surface area contributed by atoms with Gasteiger partial charge in [-0.05, 0) is 49.3 Å². The van der Waals surface area contributed by atoms with Crippen LogP contribution >= 0.6 is 0 Å². The van der Waals surface area contributed by atoms with Crippen molar-refractivity contribution in [3.05, 3.63) is 29.6 Å². The lowest BCUT2D eigenvalue weighted by Crippen LogP contribution is -2.19. The van der Waals surface area contributed by atoms with E-state index in [2.05, 4.69) is 0 Å². The Labute approximate surface area is 151 Å². The van der Waals surface area contributed by atoms with E-state index < -0.39 is 18.4 Å². The number of benzene rings is 1. The Morgan fingerprint density at radius 3 is 2.42 bits per heavy atom. The summed E-state index contributed by atoms with van der Waals surface area (Å²) in [4.78, 5) is 11.6. The van der Waals surface area contributed by atoms with E-state index in [-0.39, 0.29) is 36.6 Å². The Morgan fingerprint density at radius 2 is 1.85 bits per heavy atom. The van der Waals surface area contributed by atoms with Gasteiger partial charge in [0.1, 0.15) is 0 Å². The Bertz CT molecular complexity index is 583. The van der Waals surface area contributed by atoms with Crippen molar-refractivity contribution in [2.24, 2.45) is 5.41 Å². The Morgan fingerprint density at radius 1 is 1.15 bits per heavy atom. The van der Waals surface area contributed by atoms with Crippen LogP contribution in [0.3, 0.4) is 0 Å². The summed E-state index contributed by atoms with van der Waals surface area (Å²) in [5.74, 6) is -0.911. The molecule has 0 atom stereocenters. The number of esters is 1. The predicted molar refractivity (Wildman–Crippen MR) is 90.5 cm³/mol. The van der Waals surface area contributed by atoms with Gasteiger partial charge in [-0.25, -0.2) is 4.39 Å². The molecule has 0 unspecified atom stereocenters. The molecule has 0 radical (unpaired) electrons. The number of carbonyl (C=O) groups is 1. The van der Waals surface area contributed by atoms with Crippen LogP contribution in [-0.2, 0) is 16.0 Å². The van der Waals surface area contributed by atoms with Gasteiger partial charge in [-0.2, -0.15) is 13.2 Å². The molecular weight excluding hydrogens is 352 g/mol. The number of hydrogen-bond donors (Lipinski definition) is 0. The van der Waals surface area contributed by atoms with Crippen LogP contribution in [0.15, 0.2) is 18.2 Å². The minimum Gasteiger partial charge on any atom is -0.491 e. The molecule has 1 aromatic rings. The average molecular weight is 378 g/mol. The summed E-state index contributed by atoms with van der Waals surface area (Å²) in [6, 6.07) is 4.43. The fraction of sp³-hybridized carbons (Fsp3) is 0.632. The Kier molecular flexibility index (Phi) is 8.37. The van der Waals surface area contributed by atoms with Gasteiger partial charge >= 0.3 is 12.1 Å². The highest BCUT2D eigenvalue weighted by atomic mass is 19.4. The number of halogens is 4. The molecule has 0 fully saturated rings. The molecule has 0 spiro atoms. The van der Waals surface area contributed by atoms with E-state index in [0.29, 0.717) is 19.4 Å². The normalized spacial score (nSPS) is 12.1. The molecule has 0 heterocycles. The largest absolute Gasteiger partial charge is 0.491 e. The van der Waals surface area contributed by atoms with Crippen molar-refractivity contribution in [3.8, 4) is 5.75 Å². The van der Waals surface area contributed by atoms with E-state index in [1.54, 1.807) is 13.0 Å². The second kappa shape index (κ2) is 9.78. The lowest BCUT2D eigenvalue weighted by atomic mass is 9.83. The smallest absolute Gasteiger partial charge is 0.389 e. The lowest BCUT2D eigenvalue weighted by Gasteiger charge is -2.23.